The van der Waals surface area contributed by atoms with Gasteiger partial charge >= 0.3 is 0 Å². The van der Waals surface area contributed by atoms with Crippen molar-refractivity contribution in [1.29, 1.82) is 0 Å². The average molecular weight is 413 g/mol. The first-order chi connectivity index (χ1) is 13.3. The van der Waals surface area contributed by atoms with Gasteiger partial charge in [-0.05, 0) is 23.0 Å². The van der Waals surface area contributed by atoms with E-state index in [2.05, 4.69) is 48.5 Å². The molecule has 0 fully saturated rings. The molecule has 0 aromatic rings. The van der Waals surface area contributed by atoms with E-state index in [1.165, 1.54) is 70.6 Å². The van der Waals surface area contributed by atoms with Crippen molar-refractivity contribution in [1.82, 2.24) is 0 Å². The number of unbranched alkanes of at least 4 members (excludes halogenated alkanes) is 10. The summed E-state index contributed by atoms with van der Waals surface area (Å²) < 4.78 is 6.86. The highest BCUT2D eigenvalue weighted by molar-refractivity contribution is 6.77. The maximum atomic E-state index is 11.2. The summed E-state index contributed by atoms with van der Waals surface area (Å²) in [6.07, 6.45) is 17.8. The van der Waals surface area contributed by atoms with Gasteiger partial charge in [-0.2, -0.15) is 0 Å². The molecule has 168 valence electrons. The van der Waals surface area contributed by atoms with Crippen LogP contribution in [0, 0.1) is 0 Å². The van der Waals surface area contributed by atoms with Crippen LogP contribution in [0.3, 0.4) is 0 Å². The van der Waals surface area contributed by atoms with Crippen LogP contribution in [0.2, 0.25) is 16.6 Å². The average Bonchev–Trinajstić information content (AvgIpc) is 2.62. The molecule has 0 saturated heterocycles. The van der Waals surface area contributed by atoms with Crippen molar-refractivity contribution in [3.05, 3.63) is 0 Å². The van der Waals surface area contributed by atoms with Crippen molar-refractivity contribution in [3.63, 3.8) is 0 Å². The lowest BCUT2D eigenvalue weighted by Crippen LogP contribution is -2.50. The summed E-state index contributed by atoms with van der Waals surface area (Å²) in [6, 6.07) is 0. The van der Waals surface area contributed by atoms with Crippen LogP contribution in [0.5, 0.6) is 0 Å². The maximum Gasteiger partial charge on any atom is 0.200 e. The van der Waals surface area contributed by atoms with Gasteiger partial charge in [0.25, 0.3) is 0 Å². The lowest BCUT2D eigenvalue weighted by Gasteiger charge is -2.44. The van der Waals surface area contributed by atoms with Crippen LogP contribution in [-0.4, -0.2) is 20.7 Å². The molecule has 0 unspecified atom stereocenters. The van der Waals surface area contributed by atoms with Crippen LogP contribution in [0.15, 0.2) is 0 Å². The lowest BCUT2D eigenvalue weighted by atomic mass is 10.0. The van der Waals surface area contributed by atoms with E-state index >= 15 is 0 Å². The second-order valence-electron chi connectivity index (χ2n) is 9.78. The highest BCUT2D eigenvalue weighted by atomic mass is 28.4. The number of aldehydes is 1. The number of rotatable bonds is 19. The summed E-state index contributed by atoms with van der Waals surface area (Å²) in [7, 11) is -1.89. The monoisotopic (exact) mass is 412 g/mol. The quantitative estimate of drug-likeness (QED) is 0.120. The summed E-state index contributed by atoms with van der Waals surface area (Å²) in [5, 5.41) is 0. The molecule has 0 N–H and O–H groups in total. The van der Waals surface area contributed by atoms with Gasteiger partial charge in [0.05, 0.1) is 6.10 Å². The van der Waals surface area contributed by atoms with Crippen LogP contribution in [0.1, 0.15) is 132 Å². The van der Waals surface area contributed by atoms with E-state index in [0.29, 0.717) is 23.0 Å². The molecule has 0 rings (SSSR count). The van der Waals surface area contributed by atoms with E-state index in [-0.39, 0.29) is 6.10 Å². The van der Waals surface area contributed by atoms with Gasteiger partial charge in [-0.15, -0.1) is 0 Å². The topological polar surface area (TPSA) is 26.3 Å². The zero-order chi connectivity index (χ0) is 21.4. The van der Waals surface area contributed by atoms with Crippen molar-refractivity contribution in [2.24, 2.45) is 0 Å². The van der Waals surface area contributed by atoms with E-state index in [4.69, 9.17) is 4.43 Å². The zero-order valence-corrected chi connectivity index (χ0v) is 21.4. The molecule has 0 amide bonds. The first-order valence-electron chi connectivity index (χ1n) is 12.4. The van der Waals surface area contributed by atoms with Gasteiger partial charge < -0.3 is 9.22 Å². The zero-order valence-electron chi connectivity index (χ0n) is 20.4. The number of carbonyl (C=O) groups excluding carboxylic acids is 1. The third kappa shape index (κ3) is 10.6. The first-order valence-corrected chi connectivity index (χ1v) is 14.6. The second-order valence-corrected chi connectivity index (χ2v) is 15.2. The molecule has 0 aliphatic carbocycles. The van der Waals surface area contributed by atoms with E-state index in [9.17, 15) is 4.79 Å². The molecule has 0 radical (unpaired) electrons. The molecule has 0 bridgehead atoms. The molecule has 0 saturated carbocycles. The molecule has 0 heterocycles. The molecule has 2 nitrogen and oxygen atoms in total. The van der Waals surface area contributed by atoms with Crippen LogP contribution < -0.4 is 0 Å². The van der Waals surface area contributed by atoms with Crippen molar-refractivity contribution in [2.75, 3.05) is 0 Å². The minimum atomic E-state index is -1.89. The van der Waals surface area contributed by atoms with Gasteiger partial charge in [0.15, 0.2) is 0 Å². The van der Waals surface area contributed by atoms with E-state index in [1.807, 2.05) is 0 Å². The Bertz CT molecular complexity index is 344. The molecule has 0 aromatic carbocycles. The van der Waals surface area contributed by atoms with E-state index in [1.54, 1.807) is 0 Å². The lowest BCUT2D eigenvalue weighted by molar-refractivity contribution is -0.109. The minimum absolute atomic E-state index is 0.134. The molecule has 0 aromatic heterocycles. The molecule has 1 atom stereocenters. The Hall–Kier alpha value is -0.153. The normalized spacial score (nSPS) is 13.6. The van der Waals surface area contributed by atoms with Crippen LogP contribution >= 0.6 is 0 Å². The summed E-state index contributed by atoms with van der Waals surface area (Å²) in [5.41, 5.74) is 1.75. The molecular weight excluding hydrogens is 360 g/mol. The fraction of sp³-hybridized carbons (Fsp3) is 0.960. The Balaban J connectivity index is 4.22. The SMILES string of the molecule is CCCCCCCCCCCCC[C@H](CC=O)O[Si](C(C)C)(C(C)C)C(C)C. The van der Waals surface area contributed by atoms with Crippen molar-refractivity contribution in [2.45, 2.75) is 155 Å². The van der Waals surface area contributed by atoms with Crippen molar-refractivity contribution in [3.8, 4) is 0 Å². The van der Waals surface area contributed by atoms with Gasteiger partial charge in [-0.3, -0.25) is 0 Å². The van der Waals surface area contributed by atoms with Crippen molar-refractivity contribution >= 4 is 14.6 Å². The maximum absolute atomic E-state index is 11.2. The molecule has 28 heavy (non-hydrogen) atoms. The smallest absolute Gasteiger partial charge is 0.200 e. The number of hydrogen-bond acceptors (Lipinski definition) is 2. The second kappa shape index (κ2) is 16.6. The Kier molecular flexibility index (Phi) is 16.5. The molecule has 3 heteroatoms. The standard InChI is InChI=1S/C25H52O2Si/c1-8-9-10-11-12-13-14-15-16-17-18-19-25(20-21-26)27-28(22(2)3,23(4)5)24(6)7/h21-25H,8-20H2,1-7H3/t25-/m1/s1. The Morgan fingerprint density at radius 3 is 1.43 bits per heavy atom. The third-order valence-corrected chi connectivity index (χ3v) is 12.7. The van der Waals surface area contributed by atoms with Gasteiger partial charge in [-0.25, -0.2) is 0 Å². The summed E-state index contributed by atoms with van der Waals surface area (Å²) in [4.78, 5) is 11.2. The van der Waals surface area contributed by atoms with Gasteiger partial charge in [0.2, 0.25) is 8.32 Å². The van der Waals surface area contributed by atoms with Crippen molar-refractivity contribution < 1.29 is 9.22 Å². The number of hydrogen-bond donors (Lipinski definition) is 0. The Labute approximate surface area is 178 Å². The van der Waals surface area contributed by atoms with Gasteiger partial charge in [0, 0.05) is 6.42 Å². The molecule has 0 aliphatic heterocycles. The summed E-state index contributed by atoms with van der Waals surface area (Å²) in [5.74, 6) is 0. The highest BCUT2D eigenvalue weighted by Crippen LogP contribution is 2.43. The van der Waals surface area contributed by atoms with Crippen LogP contribution in [0.25, 0.3) is 0 Å². The molecule has 0 aliphatic rings. The van der Waals surface area contributed by atoms with Crippen LogP contribution in [0.4, 0.5) is 0 Å². The summed E-state index contributed by atoms with van der Waals surface area (Å²) in [6.45, 7) is 16.2. The van der Waals surface area contributed by atoms with Gasteiger partial charge in [0.1, 0.15) is 6.29 Å². The fourth-order valence-electron chi connectivity index (χ4n) is 5.07. The molecule has 0 spiro atoms. The van der Waals surface area contributed by atoms with Crippen LogP contribution in [-0.2, 0) is 9.22 Å². The van der Waals surface area contributed by atoms with E-state index in [0.717, 1.165) is 12.7 Å². The first kappa shape index (κ1) is 27.8. The largest absolute Gasteiger partial charge is 0.413 e. The third-order valence-electron chi connectivity index (χ3n) is 6.57. The molecular formula is C25H52O2Si. The number of carbonyl (C=O) groups is 1. The fourth-order valence-corrected chi connectivity index (χ4v) is 10.7. The predicted octanol–water partition coefficient (Wildman–Crippen LogP) is 8.84. The van der Waals surface area contributed by atoms with E-state index < -0.39 is 8.32 Å². The highest BCUT2D eigenvalue weighted by Gasteiger charge is 2.46. The Morgan fingerprint density at radius 1 is 0.679 bits per heavy atom. The summed E-state index contributed by atoms with van der Waals surface area (Å²) >= 11 is 0. The minimum Gasteiger partial charge on any atom is -0.413 e. The van der Waals surface area contributed by atoms with Gasteiger partial charge in [-0.1, -0.05) is 119 Å². The predicted molar refractivity (Wildman–Crippen MR) is 128 cm³/mol. The Morgan fingerprint density at radius 2 is 1.07 bits per heavy atom.